The van der Waals surface area contributed by atoms with Crippen molar-refractivity contribution < 1.29 is 32.3 Å². The van der Waals surface area contributed by atoms with Gasteiger partial charge in [-0.25, -0.2) is 0 Å². The van der Waals surface area contributed by atoms with E-state index in [1.165, 1.54) is 11.0 Å². The summed E-state index contributed by atoms with van der Waals surface area (Å²) in [6, 6.07) is 10.3. The SMILES string of the molecule is CCc1ccc(N2C[C@H](C(=O)OCC(=O)Nc3ccc(Cl)cc3C(F)(F)F)CC2=O)cc1. The molecule has 1 fully saturated rings. The smallest absolute Gasteiger partial charge is 0.418 e. The largest absolute Gasteiger partial charge is 0.455 e. The van der Waals surface area contributed by atoms with E-state index in [-0.39, 0.29) is 23.9 Å². The number of halogens is 4. The fourth-order valence-electron chi connectivity index (χ4n) is 3.33. The van der Waals surface area contributed by atoms with Crippen LogP contribution in [0.4, 0.5) is 24.5 Å². The Morgan fingerprint density at radius 3 is 2.50 bits per heavy atom. The van der Waals surface area contributed by atoms with Crippen LogP contribution in [0, 0.1) is 5.92 Å². The van der Waals surface area contributed by atoms with E-state index in [1.807, 2.05) is 19.1 Å². The molecule has 2 aromatic carbocycles. The predicted octanol–water partition coefficient (Wildman–Crippen LogP) is 4.46. The first-order chi connectivity index (χ1) is 15.1. The van der Waals surface area contributed by atoms with E-state index in [1.54, 1.807) is 12.1 Å². The van der Waals surface area contributed by atoms with Crippen molar-refractivity contribution in [2.45, 2.75) is 25.9 Å². The van der Waals surface area contributed by atoms with Crippen LogP contribution in [-0.4, -0.2) is 30.9 Å². The quantitative estimate of drug-likeness (QED) is 0.635. The van der Waals surface area contributed by atoms with Crippen LogP contribution in [0.15, 0.2) is 42.5 Å². The van der Waals surface area contributed by atoms with E-state index in [0.717, 1.165) is 18.1 Å². The molecule has 3 rings (SSSR count). The number of aryl methyl sites for hydroxylation is 1. The summed E-state index contributed by atoms with van der Waals surface area (Å²) in [4.78, 5) is 38.1. The number of carbonyl (C=O) groups is 3. The number of ether oxygens (including phenoxy) is 1. The molecule has 1 atom stereocenters. The lowest BCUT2D eigenvalue weighted by molar-refractivity contribution is -0.151. The third kappa shape index (κ3) is 5.59. The molecular weight excluding hydrogens is 449 g/mol. The first-order valence-electron chi connectivity index (χ1n) is 9.81. The van der Waals surface area contributed by atoms with Gasteiger partial charge in [-0.05, 0) is 42.3 Å². The van der Waals surface area contributed by atoms with Crippen LogP contribution in [0.1, 0.15) is 24.5 Å². The third-order valence-electron chi connectivity index (χ3n) is 5.02. The monoisotopic (exact) mass is 468 g/mol. The van der Waals surface area contributed by atoms with Gasteiger partial charge in [0.2, 0.25) is 5.91 Å². The number of nitrogens with zero attached hydrogens (tertiary/aromatic N) is 1. The normalized spacial score (nSPS) is 16.2. The maximum absolute atomic E-state index is 13.1. The van der Waals surface area contributed by atoms with E-state index in [9.17, 15) is 27.6 Å². The van der Waals surface area contributed by atoms with Crippen molar-refractivity contribution in [2.24, 2.45) is 5.92 Å². The minimum Gasteiger partial charge on any atom is -0.455 e. The number of alkyl halides is 3. The second-order valence-corrected chi connectivity index (χ2v) is 7.71. The number of rotatable bonds is 6. The number of esters is 1. The van der Waals surface area contributed by atoms with Crippen LogP contribution in [0.3, 0.4) is 0 Å². The maximum atomic E-state index is 13.1. The van der Waals surface area contributed by atoms with Crippen molar-refractivity contribution in [2.75, 3.05) is 23.4 Å². The minimum atomic E-state index is -4.73. The Morgan fingerprint density at radius 1 is 1.19 bits per heavy atom. The molecule has 0 saturated carbocycles. The van der Waals surface area contributed by atoms with Crippen molar-refractivity contribution in [3.05, 3.63) is 58.6 Å². The summed E-state index contributed by atoms with van der Waals surface area (Å²) in [5.41, 5.74) is 0.149. The number of carbonyl (C=O) groups excluding carboxylic acids is 3. The Balaban J connectivity index is 1.57. The molecule has 0 aliphatic carbocycles. The molecule has 0 spiro atoms. The molecule has 1 aliphatic rings. The zero-order chi connectivity index (χ0) is 23.5. The Bertz CT molecular complexity index is 1020. The van der Waals surface area contributed by atoms with Crippen LogP contribution < -0.4 is 10.2 Å². The summed E-state index contributed by atoms with van der Waals surface area (Å²) >= 11 is 5.60. The Hall–Kier alpha value is -3.07. The lowest BCUT2D eigenvalue weighted by atomic mass is 10.1. The van der Waals surface area contributed by atoms with Crippen molar-refractivity contribution in [1.29, 1.82) is 0 Å². The van der Waals surface area contributed by atoms with Crippen molar-refractivity contribution in [3.63, 3.8) is 0 Å². The summed E-state index contributed by atoms with van der Waals surface area (Å²) in [7, 11) is 0. The van der Waals surface area contributed by atoms with E-state index >= 15 is 0 Å². The molecule has 2 amide bonds. The third-order valence-corrected chi connectivity index (χ3v) is 5.26. The molecule has 170 valence electrons. The summed E-state index contributed by atoms with van der Waals surface area (Å²) in [6.45, 7) is 1.32. The lowest BCUT2D eigenvalue weighted by Gasteiger charge is -2.17. The molecule has 10 heteroatoms. The van der Waals surface area contributed by atoms with Gasteiger partial charge in [-0.15, -0.1) is 0 Å². The number of benzene rings is 2. The van der Waals surface area contributed by atoms with Crippen molar-refractivity contribution >= 4 is 40.8 Å². The van der Waals surface area contributed by atoms with Crippen LogP contribution in [0.5, 0.6) is 0 Å². The molecule has 32 heavy (non-hydrogen) atoms. The fourth-order valence-corrected chi connectivity index (χ4v) is 3.50. The van der Waals surface area contributed by atoms with Gasteiger partial charge in [0.1, 0.15) is 0 Å². The van der Waals surface area contributed by atoms with E-state index < -0.39 is 41.8 Å². The van der Waals surface area contributed by atoms with Gasteiger partial charge >= 0.3 is 12.1 Å². The van der Waals surface area contributed by atoms with Gasteiger partial charge in [0, 0.05) is 23.7 Å². The first kappa shape index (κ1) is 23.6. The van der Waals surface area contributed by atoms with Crippen LogP contribution in [0.25, 0.3) is 0 Å². The topological polar surface area (TPSA) is 75.7 Å². The molecule has 2 aromatic rings. The van der Waals surface area contributed by atoms with Gasteiger partial charge in [-0.1, -0.05) is 30.7 Å². The molecule has 0 aromatic heterocycles. The van der Waals surface area contributed by atoms with Gasteiger partial charge < -0.3 is 15.0 Å². The standard InChI is InChI=1S/C22H20ClF3N2O4/c1-2-13-3-6-16(7-4-13)28-11-14(9-20(28)30)21(31)32-12-19(29)27-18-8-5-15(23)10-17(18)22(24,25)26/h3-8,10,14H,2,9,11-12H2,1H3,(H,27,29)/t14-/m1/s1. The van der Waals surface area contributed by atoms with Gasteiger partial charge in [-0.2, -0.15) is 13.2 Å². The summed E-state index contributed by atoms with van der Waals surface area (Å²) in [6.07, 6.45) is -3.95. The Morgan fingerprint density at radius 2 is 1.88 bits per heavy atom. The van der Waals surface area contributed by atoms with Crippen LogP contribution in [-0.2, 0) is 31.7 Å². The van der Waals surface area contributed by atoms with E-state index in [2.05, 4.69) is 5.32 Å². The first-order valence-corrected chi connectivity index (χ1v) is 10.2. The molecule has 0 unspecified atom stereocenters. The fraction of sp³-hybridized carbons (Fsp3) is 0.318. The molecule has 0 bridgehead atoms. The van der Waals surface area contributed by atoms with Gasteiger partial charge in [-0.3, -0.25) is 14.4 Å². The summed E-state index contributed by atoms with van der Waals surface area (Å²) in [5.74, 6) is -2.74. The highest BCUT2D eigenvalue weighted by atomic mass is 35.5. The average Bonchev–Trinajstić information content (AvgIpc) is 3.14. The molecule has 1 saturated heterocycles. The Labute approximate surface area is 187 Å². The lowest BCUT2D eigenvalue weighted by Crippen LogP contribution is -2.28. The predicted molar refractivity (Wildman–Crippen MR) is 112 cm³/mol. The van der Waals surface area contributed by atoms with Crippen molar-refractivity contribution in [1.82, 2.24) is 0 Å². The molecule has 6 nitrogen and oxygen atoms in total. The molecule has 1 aliphatic heterocycles. The molecule has 1 heterocycles. The van der Waals surface area contributed by atoms with E-state index in [4.69, 9.17) is 16.3 Å². The van der Waals surface area contributed by atoms with Gasteiger partial charge in [0.25, 0.3) is 5.91 Å². The number of amides is 2. The average molecular weight is 469 g/mol. The molecular formula is C22H20ClF3N2O4. The highest BCUT2D eigenvalue weighted by Crippen LogP contribution is 2.36. The van der Waals surface area contributed by atoms with Gasteiger partial charge in [0.05, 0.1) is 17.2 Å². The van der Waals surface area contributed by atoms with E-state index in [0.29, 0.717) is 11.8 Å². The summed E-state index contributed by atoms with van der Waals surface area (Å²) in [5, 5.41) is 1.93. The molecule has 0 radical (unpaired) electrons. The second-order valence-electron chi connectivity index (χ2n) is 7.27. The van der Waals surface area contributed by atoms with Gasteiger partial charge in [0.15, 0.2) is 6.61 Å². The highest BCUT2D eigenvalue weighted by molar-refractivity contribution is 6.30. The van der Waals surface area contributed by atoms with Crippen LogP contribution >= 0.6 is 11.6 Å². The zero-order valence-corrected chi connectivity index (χ0v) is 17.8. The summed E-state index contributed by atoms with van der Waals surface area (Å²) < 4.78 is 44.3. The number of hydrogen-bond acceptors (Lipinski definition) is 4. The number of hydrogen-bond donors (Lipinski definition) is 1. The van der Waals surface area contributed by atoms with Crippen LogP contribution in [0.2, 0.25) is 5.02 Å². The zero-order valence-electron chi connectivity index (χ0n) is 17.0. The Kier molecular flexibility index (Phi) is 7.08. The number of anilines is 2. The second kappa shape index (κ2) is 9.60. The number of nitrogens with one attached hydrogen (secondary N) is 1. The minimum absolute atomic E-state index is 0.0780. The van der Waals surface area contributed by atoms with Crippen molar-refractivity contribution in [3.8, 4) is 0 Å². The molecule has 1 N–H and O–H groups in total. The highest BCUT2D eigenvalue weighted by Gasteiger charge is 2.37. The maximum Gasteiger partial charge on any atom is 0.418 e.